The first-order valence-electron chi connectivity index (χ1n) is 8.93. The molecule has 0 N–H and O–H groups in total. The molecule has 0 aromatic carbocycles. The maximum absolute atomic E-state index is 12.7. The summed E-state index contributed by atoms with van der Waals surface area (Å²) in [5, 5.41) is 4.15. The Morgan fingerprint density at radius 3 is 2.81 bits per heavy atom. The number of hydrogen-bond donors (Lipinski definition) is 0. The SMILES string of the molecule is Cc1cccc(N2CCCC(N(C)C(=O)Cn3nc(C)ccc3=O)C2)n1. The first-order valence-corrected chi connectivity index (χ1v) is 8.93. The number of carbonyl (C=O) groups is 1. The number of pyridine rings is 1. The Morgan fingerprint density at radius 1 is 1.23 bits per heavy atom. The number of hydrogen-bond acceptors (Lipinski definition) is 5. The molecule has 1 saturated heterocycles. The molecule has 1 aliphatic heterocycles. The minimum absolute atomic E-state index is 0.0315. The van der Waals surface area contributed by atoms with Crippen molar-refractivity contribution >= 4 is 11.7 Å². The van der Waals surface area contributed by atoms with E-state index in [1.54, 1.807) is 24.9 Å². The summed E-state index contributed by atoms with van der Waals surface area (Å²) < 4.78 is 1.23. The molecule has 138 valence electrons. The topological polar surface area (TPSA) is 71.3 Å². The van der Waals surface area contributed by atoms with Gasteiger partial charge in [0.1, 0.15) is 12.4 Å². The fourth-order valence-corrected chi connectivity index (χ4v) is 3.29. The molecule has 26 heavy (non-hydrogen) atoms. The van der Waals surface area contributed by atoms with Crippen molar-refractivity contribution in [3.8, 4) is 0 Å². The molecule has 0 spiro atoms. The fourth-order valence-electron chi connectivity index (χ4n) is 3.29. The number of rotatable bonds is 4. The van der Waals surface area contributed by atoms with Crippen LogP contribution in [0.25, 0.3) is 0 Å². The largest absolute Gasteiger partial charge is 0.355 e. The van der Waals surface area contributed by atoms with Crippen molar-refractivity contribution < 1.29 is 4.79 Å². The van der Waals surface area contributed by atoms with Crippen LogP contribution in [-0.2, 0) is 11.3 Å². The maximum atomic E-state index is 12.7. The van der Waals surface area contributed by atoms with Crippen LogP contribution in [0.3, 0.4) is 0 Å². The number of anilines is 1. The summed E-state index contributed by atoms with van der Waals surface area (Å²) in [5.74, 6) is 0.848. The summed E-state index contributed by atoms with van der Waals surface area (Å²) in [7, 11) is 1.81. The van der Waals surface area contributed by atoms with E-state index in [1.807, 2.05) is 25.1 Å². The summed E-state index contributed by atoms with van der Waals surface area (Å²) in [6.45, 7) is 5.43. The van der Waals surface area contributed by atoms with Gasteiger partial charge in [0.25, 0.3) is 5.56 Å². The van der Waals surface area contributed by atoms with E-state index < -0.39 is 0 Å². The Hall–Kier alpha value is -2.70. The van der Waals surface area contributed by atoms with E-state index in [0.717, 1.165) is 43.1 Å². The van der Waals surface area contributed by atoms with Crippen LogP contribution in [0.2, 0.25) is 0 Å². The van der Waals surface area contributed by atoms with Crippen molar-refractivity contribution in [2.24, 2.45) is 0 Å². The Bertz CT molecular complexity index is 848. The number of nitrogens with zero attached hydrogens (tertiary/aromatic N) is 5. The molecule has 0 saturated carbocycles. The minimum atomic E-state index is -0.258. The smallest absolute Gasteiger partial charge is 0.267 e. The van der Waals surface area contributed by atoms with Crippen molar-refractivity contribution in [2.75, 3.05) is 25.0 Å². The third-order valence-corrected chi connectivity index (χ3v) is 4.82. The van der Waals surface area contributed by atoms with E-state index in [-0.39, 0.29) is 24.1 Å². The van der Waals surface area contributed by atoms with Gasteiger partial charge in [-0.15, -0.1) is 0 Å². The zero-order valence-electron chi connectivity index (χ0n) is 15.6. The average molecular weight is 355 g/mol. The van der Waals surface area contributed by atoms with E-state index >= 15 is 0 Å². The zero-order chi connectivity index (χ0) is 18.7. The molecule has 3 heterocycles. The molecule has 3 rings (SSSR count). The Labute approximate surface area is 153 Å². The van der Waals surface area contributed by atoms with Gasteiger partial charge in [0, 0.05) is 37.9 Å². The molecule has 0 bridgehead atoms. The maximum Gasteiger partial charge on any atom is 0.267 e. The minimum Gasteiger partial charge on any atom is -0.355 e. The number of likely N-dealkylation sites (N-methyl/N-ethyl adjacent to an activating group) is 1. The van der Waals surface area contributed by atoms with Gasteiger partial charge < -0.3 is 9.80 Å². The van der Waals surface area contributed by atoms with Crippen LogP contribution in [-0.4, -0.2) is 51.8 Å². The first kappa shape index (κ1) is 18.1. The van der Waals surface area contributed by atoms with E-state index in [1.165, 1.54) is 10.7 Å². The lowest BCUT2D eigenvalue weighted by atomic mass is 10.0. The highest BCUT2D eigenvalue weighted by atomic mass is 16.2. The molecule has 1 atom stereocenters. The predicted molar refractivity (Wildman–Crippen MR) is 100 cm³/mol. The third kappa shape index (κ3) is 4.09. The van der Waals surface area contributed by atoms with Crippen LogP contribution < -0.4 is 10.5 Å². The summed E-state index contributed by atoms with van der Waals surface area (Å²) in [6.07, 6.45) is 1.95. The molecule has 1 unspecified atom stereocenters. The monoisotopic (exact) mass is 355 g/mol. The van der Waals surface area contributed by atoms with Gasteiger partial charge in [-0.05, 0) is 44.9 Å². The lowest BCUT2D eigenvalue weighted by molar-refractivity contribution is -0.133. The van der Waals surface area contributed by atoms with Crippen molar-refractivity contribution in [1.82, 2.24) is 19.7 Å². The predicted octanol–water partition coefficient (Wildman–Crippen LogP) is 1.38. The van der Waals surface area contributed by atoms with E-state index in [4.69, 9.17) is 0 Å². The summed E-state index contributed by atoms with van der Waals surface area (Å²) in [5.41, 5.74) is 1.44. The Morgan fingerprint density at radius 2 is 2.04 bits per heavy atom. The first-order chi connectivity index (χ1) is 12.4. The summed E-state index contributed by atoms with van der Waals surface area (Å²) >= 11 is 0. The van der Waals surface area contributed by atoms with Gasteiger partial charge in [-0.1, -0.05) is 6.07 Å². The van der Waals surface area contributed by atoms with Gasteiger partial charge in [-0.25, -0.2) is 9.67 Å². The van der Waals surface area contributed by atoms with Crippen LogP contribution in [0.15, 0.2) is 35.1 Å². The van der Waals surface area contributed by atoms with Crippen LogP contribution in [0.4, 0.5) is 5.82 Å². The molecule has 0 aliphatic carbocycles. The van der Waals surface area contributed by atoms with Crippen LogP contribution in [0.1, 0.15) is 24.2 Å². The molecule has 2 aromatic rings. The van der Waals surface area contributed by atoms with Crippen molar-refractivity contribution in [3.05, 3.63) is 52.1 Å². The Kier molecular flexibility index (Phi) is 5.35. The lowest BCUT2D eigenvalue weighted by Gasteiger charge is -2.38. The average Bonchev–Trinajstić information content (AvgIpc) is 2.64. The van der Waals surface area contributed by atoms with Gasteiger partial charge in [0.05, 0.1) is 5.69 Å². The number of carbonyl (C=O) groups excluding carboxylic acids is 1. The van der Waals surface area contributed by atoms with Gasteiger partial charge in [0.15, 0.2) is 0 Å². The second-order valence-corrected chi connectivity index (χ2v) is 6.85. The molecular weight excluding hydrogens is 330 g/mol. The highest BCUT2D eigenvalue weighted by Gasteiger charge is 2.27. The van der Waals surface area contributed by atoms with E-state index in [9.17, 15) is 9.59 Å². The summed E-state index contributed by atoms with van der Waals surface area (Å²) in [4.78, 5) is 33.1. The van der Waals surface area contributed by atoms with E-state index in [0.29, 0.717) is 0 Å². The van der Waals surface area contributed by atoms with Crippen molar-refractivity contribution in [3.63, 3.8) is 0 Å². The second kappa shape index (κ2) is 7.68. The molecular formula is C19H25N5O2. The molecule has 1 amide bonds. The van der Waals surface area contributed by atoms with Crippen LogP contribution in [0, 0.1) is 13.8 Å². The zero-order valence-corrected chi connectivity index (χ0v) is 15.6. The molecule has 2 aromatic heterocycles. The van der Waals surface area contributed by atoms with Gasteiger partial charge >= 0.3 is 0 Å². The van der Waals surface area contributed by atoms with Crippen molar-refractivity contribution in [2.45, 2.75) is 39.3 Å². The van der Waals surface area contributed by atoms with Crippen LogP contribution in [0.5, 0.6) is 0 Å². The fraction of sp³-hybridized carbons (Fsp3) is 0.474. The molecule has 0 radical (unpaired) electrons. The highest BCUT2D eigenvalue weighted by Crippen LogP contribution is 2.20. The second-order valence-electron chi connectivity index (χ2n) is 6.85. The van der Waals surface area contributed by atoms with Crippen LogP contribution >= 0.6 is 0 Å². The van der Waals surface area contributed by atoms with Gasteiger partial charge in [0.2, 0.25) is 5.91 Å². The number of amides is 1. The normalized spacial score (nSPS) is 17.2. The Balaban J connectivity index is 1.68. The molecule has 1 fully saturated rings. The third-order valence-electron chi connectivity index (χ3n) is 4.82. The van der Waals surface area contributed by atoms with Crippen molar-refractivity contribution in [1.29, 1.82) is 0 Å². The standard InChI is InChI=1S/C19H25N5O2/c1-14-6-4-8-17(20-14)23-11-5-7-16(12-23)22(3)19(26)13-24-18(25)10-9-15(2)21-24/h4,6,8-10,16H,5,7,11-13H2,1-3H3. The number of aromatic nitrogens is 3. The van der Waals surface area contributed by atoms with E-state index in [2.05, 4.69) is 15.0 Å². The van der Waals surface area contributed by atoms with Gasteiger partial charge in [-0.3, -0.25) is 9.59 Å². The quantitative estimate of drug-likeness (QED) is 0.829. The molecule has 7 nitrogen and oxygen atoms in total. The van der Waals surface area contributed by atoms with Gasteiger partial charge in [-0.2, -0.15) is 5.10 Å². The molecule has 7 heteroatoms. The lowest BCUT2D eigenvalue weighted by Crippen LogP contribution is -2.50. The number of piperidine rings is 1. The number of aryl methyl sites for hydroxylation is 2. The summed E-state index contributed by atoms with van der Waals surface area (Å²) in [6, 6.07) is 9.19. The molecule has 1 aliphatic rings. The highest BCUT2D eigenvalue weighted by molar-refractivity contribution is 5.76.